The molecular formula is C15H28N2O. The molecule has 0 radical (unpaired) electrons. The first-order valence-electron chi connectivity index (χ1n) is 7.63. The lowest BCUT2D eigenvalue weighted by Gasteiger charge is -2.64. The van der Waals surface area contributed by atoms with Crippen LogP contribution in [0, 0.1) is 16.7 Å². The van der Waals surface area contributed by atoms with Gasteiger partial charge in [-0.3, -0.25) is 0 Å². The summed E-state index contributed by atoms with van der Waals surface area (Å²) in [5.41, 5.74) is 1.07. The highest BCUT2D eigenvalue weighted by molar-refractivity contribution is 5.10. The van der Waals surface area contributed by atoms with E-state index in [-0.39, 0.29) is 0 Å². The SMILES string of the molecule is CNCC1(C2(C3CCN(C)CC3)COC2)CCC1. The van der Waals surface area contributed by atoms with E-state index in [0.717, 1.165) is 19.1 Å². The molecule has 3 nitrogen and oxygen atoms in total. The molecule has 18 heavy (non-hydrogen) atoms. The van der Waals surface area contributed by atoms with Crippen molar-refractivity contribution < 1.29 is 4.74 Å². The molecule has 2 saturated heterocycles. The summed E-state index contributed by atoms with van der Waals surface area (Å²) in [5.74, 6) is 0.899. The van der Waals surface area contributed by atoms with Gasteiger partial charge in [-0.1, -0.05) is 6.42 Å². The molecule has 3 heteroatoms. The first-order valence-corrected chi connectivity index (χ1v) is 7.63. The number of hydrogen-bond acceptors (Lipinski definition) is 3. The van der Waals surface area contributed by atoms with Gasteiger partial charge in [-0.15, -0.1) is 0 Å². The zero-order chi connectivity index (χ0) is 12.6. The zero-order valence-electron chi connectivity index (χ0n) is 12.0. The Labute approximate surface area is 111 Å². The largest absolute Gasteiger partial charge is 0.380 e. The Morgan fingerprint density at radius 2 is 1.89 bits per heavy atom. The molecule has 0 aromatic rings. The van der Waals surface area contributed by atoms with Crippen molar-refractivity contribution in [3.63, 3.8) is 0 Å². The van der Waals surface area contributed by atoms with Crippen molar-refractivity contribution in [1.82, 2.24) is 10.2 Å². The van der Waals surface area contributed by atoms with Crippen LogP contribution in [0.2, 0.25) is 0 Å². The maximum absolute atomic E-state index is 5.71. The Balaban J connectivity index is 1.77. The smallest absolute Gasteiger partial charge is 0.0553 e. The van der Waals surface area contributed by atoms with Gasteiger partial charge in [-0.25, -0.2) is 0 Å². The first kappa shape index (κ1) is 12.9. The monoisotopic (exact) mass is 252 g/mol. The lowest BCUT2D eigenvalue weighted by molar-refractivity contribution is -0.243. The summed E-state index contributed by atoms with van der Waals surface area (Å²) in [6.45, 7) is 5.82. The lowest BCUT2D eigenvalue weighted by Crippen LogP contribution is -2.65. The van der Waals surface area contributed by atoms with Gasteiger partial charge in [0.1, 0.15) is 0 Å². The van der Waals surface area contributed by atoms with Crippen molar-refractivity contribution >= 4 is 0 Å². The molecule has 0 atom stereocenters. The van der Waals surface area contributed by atoms with Crippen LogP contribution >= 0.6 is 0 Å². The molecule has 0 spiro atoms. The molecule has 2 heterocycles. The fourth-order valence-corrected chi connectivity index (χ4v) is 4.65. The summed E-state index contributed by atoms with van der Waals surface area (Å²) in [5, 5.41) is 3.47. The number of hydrogen-bond donors (Lipinski definition) is 1. The highest BCUT2D eigenvalue weighted by Gasteiger charge is 2.61. The summed E-state index contributed by atoms with van der Waals surface area (Å²) < 4.78 is 5.71. The maximum Gasteiger partial charge on any atom is 0.0553 e. The third-order valence-corrected chi connectivity index (χ3v) is 6.10. The fraction of sp³-hybridized carbons (Fsp3) is 1.00. The van der Waals surface area contributed by atoms with Crippen LogP contribution in [0.25, 0.3) is 0 Å². The van der Waals surface area contributed by atoms with Gasteiger partial charge in [0.15, 0.2) is 0 Å². The van der Waals surface area contributed by atoms with Crippen LogP contribution in [-0.4, -0.2) is 51.8 Å². The second kappa shape index (κ2) is 4.77. The van der Waals surface area contributed by atoms with Crippen LogP contribution in [0.1, 0.15) is 32.1 Å². The predicted molar refractivity (Wildman–Crippen MR) is 73.7 cm³/mol. The van der Waals surface area contributed by atoms with Gasteiger partial charge in [0, 0.05) is 12.0 Å². The van der Waals surface area contributed by atoms with E-state index in [1.165, 1.54) is 51.7 Å². The molecule has 3 aliphatic rings. The minimum Gasteiger partial charge on any atom is -0.380 e. The first-order chi connectivity index (χ1) is 8.72. The zero-order valence-corrected chi connectivity index (χ0v) is 12.0. The number of nitrogens with one attached hydrogen (secondary N) is 1. The quantitative estimate of drug-likeness (QED) is 0.825. The maximum atomic E-state index is 5.71. The summed E-state index contributed by atoms with van der Waals surface area (Å²) >= 11 is 0. The Hall–Kier alpha value is -0.120. The van der Waals surface area contributed by atoms with E-state index in [1.54, 1.807) is 0 Å². The van der Waals surface area contributed by atoms with Gasteiger partial charge in [0.2, 0.25) is 0 Å². The fourth-order valence-electron chi connectivity index (χ4n) is 4.65. The Morgan fingerprint density at radius 3 is 2.28 bits per heavy atom. The molecule has 2 aliphatic heterocycles. The van der Waals surface area contributed by atoms with E-state index < -0.39 is 0 Å². The van der Waals surface area contributed by atoms with Gasteiger partial charge in [-0.2, -0.15) is 0 Å². The molecule has 0 amide bonds. The highest BCUT2D eigenvalue weighted by Crippen LogP contribution is 2.62. The van der Waals surface area contributed by atoms with Crippen LogP contribution in [0.5, 0.6) is 0 Å². The second-order valence-electron chi connectivity index (χ2n) is 6.89. The van der Waals surface area contributed by atoms with Crippen molar-refractivity contribution in [1.29, 1.82) is 0 Å². The van der Waals surface area contributed by atoms with E-state index in [0.29, 0.717) is 10.8 Å². The van der Waals surface area contributed by atoms with Crippen LogP contribution in [0.4, 0.5) is 0 Å². The summed E-state index contributed by atoms with van der Waals surface area (Å²) in [6, 6.07) is 0. The van der Waals surface area contributed by atoms with Crippen molar-refractivity contribution in [3.05, 3.63) is 0 Å². The van der Waals surface area contributed by atoms with Gasteiger partial charge in [0.25, 0.3) is 0 Å². The highest BCUT2D eigenvalue weighted by atomic mass is 16.5. The molecule has 3 rings (SSSR count). The number of nitrogens with zero attached hydrogens (tertiary/aromatic N) is 1. The molecular weight excluding hydrogens is 224 g/mol. The van der Waals surface area contributed by atoms with E-state index in [4.69, 9.17) is 4.74 Å². The summed E-state index contributed by atoms with van der Waals surface area (Å²) in [4.78, 5) is 2.48. The second-order valence-corrected chi connectivity index (χ2v) is 6.89. The van der Waals surface area contributed by atoms with Crippen molar-refractivity contribution in [2.24, 2.45) is 16.7 Å². The standard InChI is InChI=1S/C15H28N2O/c1-16-10-14(6-3-7-14)15(11-18-12-15)13-4-8-17(2)9-5-13/h13,16H,3-12H2,1-2H3. The van der Waals surface area contributed by atoms with E-state index in [1.807, 2.05) is 0 Å². The molecule has 1 saturated carbocycles. The molecule has 104 valence electrons. The normalized spacial score (nSPS) is 31.7. The number of rotatable bonds is 4. The summed E-state index contributed by atoms with van der Waals surface area (Å²) in [7, 11) is 4.37. The molecule has 1 aliphatic carbocycles. The van der Waals surface area contributed by atoms with Gasteiger partial charge in [0.05, 0.1) is 13.2 Å². The molecule has 0 unspecified atom stereocenters. The van der Waals surface area contributed by atoms with Crippen LogP contribution in [0.15, 0.2) is 0 Å². The van der Waals surface area contributed by atoms with Gasteiger partial charge in [-0.05, 0) is 64.2 Å². The topological polar surface area (TPSA) is 24.5 Å². The molecule has 0 aromatic heterocycles. The number of ether oxygens (including phenoxy) is 1. The summed E-state index contributed by atoms with van der Waals surface area (Å²) in [6.07, 6.45) is 7.03. The van der Waals surface area contributed by atoms with E-state index >= 15 is 0 Å². The van der Waals surface area contributed by atoms with Crippen molar-refractivity contribution in [2.75, 3.05) is 46.9 Å². The van der Waals surface area contributed by atoms with Gasteiger partial charge >= 0.3 is 0 Å². The Morgan fingerprint density at radius 1 is 1.22 bits per heavy atom. The third kappa shape index (κ3) is 1.75. The number of likely N-dealkylation sites (tertiary alicyclic amines) is 1. The average Bonchev–Trinajstić information content (AvgIpc) is 2.26. The Kier molecular flexibility index (Phi) is 3.41. The number of piperidine rings is 1. The third-order valence-electron chi connectivity index (χ3n) is 6.10. The van der Waals surface area contributed by atoms with E-state index in [9.17, 15) is 0 Å². The van der Waals surface area contributed by atoms with E-state index in [2.05, 4.69) is 24.3 Å². The van der Waals surface area contributed by atoms with Crippen LogP contribution in [0.3, 0.4) is 0 Å². The minimum absolute atomic E-state index is 0.509. The molecule has 0 bridgehead atoms. The molecule has 1 N–H and O–H groups in total. The lowest BCUT2D eigenvalue weighted by atomic mass is 9.47. The molecule has 0 aromatic carbocycles. The average molecular weight is 252 g/mol. The molecule has 3 fully saturated rings. The van der Waals surface area contributed by atoms with Crippen LogP contribution in [-0.2, 0) is 4.74 Å². The minimum atomic E-state index is 0.509. The van der Waals surface area contributed by atoms with Crippen LogP contribution < -0.4 is 5.32 Å². The van der Waals surface area contributed by atoms with Gasteiger partial charge < -0.3 is 15.0 Å². The van der Waals surface area contributed by atoms with Crippen molar-refractivity contribution in [2.45, 2.75) is 32.1 Å². The predicted octanol–water partition coefficient (Wildman–Crippen LogP) is 1.73. The van der Waals surface area contributed by atoms with Crippen molar-refractivity contribution in [3.8, 4) is 0 Å². The Bertz CT molecular complexity index is 289.